The lowest BCUT2D eigenvalue weighted by Gasteiger charge is -2.40. The smallest absolute Gasteiger partial charge is 0.305 e. The molecule has 4 heteroatoms. The number of cyclic esters (lactones) is 2. The van der Waals surface area contributed by atoms with Crippen LogP contribution >= 0.6 is 0 Å². The molecule has 2 saturated heterocycles. The maximum atomic E-state index is 11.3. The van der Waals surface area contributed by atoms with Crippen LogP contribution in [0.25, 0.3) is 0 Å². The Morgan fingerprint density at radius 2 is 1.26 bits per heavy atom. The number of carbonyl (C=O) groups is 2. The molecular weight excluding hydrogens is 244 g/mol. The van der Waals surface area contributed by atoms with Crippen LogP contribution < -0.4 is 0 Å². The highest BCUT2D eigenvalue weighted by molar-refractivity contribution is 5.70. The summed E-state index contributed by atoms with van der Waals surface area (Å²) in [6.45, 7) is 5.62. The van der Waals surface area contributed by atoms with Gasteiger partial charge in [0.2, 0.25) is 0 Å². The Bertz CT molecular complexity index is 316. The molecule has 0 saturated carbocycles. The minimum atomic E-state index is -0.0716. The van der Waals surface area contributed by atoms with Gasteiger partial charge in [0.15, 0.2) is 0 Å². The average Bonchev–Trinajstić information content (AvgIpc) is 2.70. The molecule has 2 aliphatic rings. The summed E-state index contributed by atoms with van der Waals surface area (Å²) in [6.07, 6.45) is 4.72. The molecule has 2 rings (SSSR count). The van der Waals surface area contributed by atoms with E-state index in [4.69, 9.17) is 9.47 Å². The highest BCUT2D eigenvalue weighted by atomic mass is 16.5. The predicted molar refractivity (Wildman–Crippen MR) is 70.4 cm³/mol. The molecule has 0 N–H and O–H groups in total. The van der Waals surface area contributed by atoms with Crippen molar-refractivity contribution >= 4 is 11.9 Å². The third-order valence-electron chi connectivity index (χ3n) is 4.96. The summed E-state index contributed by atoms with van der Waals surface area (Å²) in [4.78, 5) is 22.7. The Kier molecular flexibility index (Phi) is 4.48. The first-order valence-electron chi connectivity index (χ1n) is 7.31. The quantitative estimate of drug-likeness (QED) is 0.723. The van der Waals surface area contributed by atoms with Crippen molar-refractivity contribution in [1.29, 1.82) is 0 Å². The maximum absolute atomic E-state index is 11.3. The third kappa shape index (κ3) is 3.48. The predicted octanol–water partition coefficient (Wildman–Crippen LogP) is 2.70. The van der Waals surface area contributed by atoms with Crippen LogP contribution in [0.5, 0.6) is 0 Å². The second-order valence-corrected chi connectivity index (χ2v) is 6.31. The molecule has 2 fully saturated rings. The van der Waals surface area contributed by atoms with Gasteiger partial charge in [-0.05, 0) is 42.9 Å². The number of hydrogen-bond donors (Lipinski definition) is 0. The molecule has 2 atom stereocenters. The molecule has 0 amide bonds. The molecule has 0 aromatic heterocycles. The van der Waals surface area contributed by atoms with Gasteiger partial charge in [-0.15, -0.1) is 0 Å². The lowest BCUT2D eigenvalue weighted by atomic mass is 9.64. The molecule has 108 valence electrons. The van der Waals surface area contributed by atoms with Gasteiger partial charge in [0.05, 0.1) is 13.2 Å². The van der Waals surface area contributed by atoms with E-state index in [1.54, 1.807) is 0 Å². The molecule has 2 heterocycles. The van der Waals surface area contributed by atoms with E-state index in [1.165, 1.54) is 0 Å². The summed E-state index contributed by atoms with van der Waals surface area (Å²) in [5.41, 5.74) is 0.127. The van der Waals surface area contributed by atoms with Crippen LogP contribution in [0.4, 0.5) is 0 Å². The highest BCUT2D eigenvalue weighted by Crippen LogP contribution is 2.44. The van der Waals surface area contributed by atoms with Gasteiger partial charge < -0.3 is 9.47 Å². The summed E-state index contributed by atoms with van der Waals surface area (Å²) < 4.78 is 10.3. The second kappa shape index (κ2) is 5.93. The van der Waals surface area contributed by atoms with Crippen LogP contribution in [0.2, 0.25) is 0 Å². The van der Waals surface area contributed by atoms with Crippen molar-refractivity contribution in [1.82, 2.24) is 0 Å². The zero-order chi connectivity index (χ0) is 13.9. The van der Waals surface area contributed by atoms with Gasteiger partial charge >= 0.3 is 11.9 Å². The van der Waals surface area contributed by atoms with Gasteiger partial charge in [-0.25, -0.2) is 0 Å². The van der Waals surface area contributed by atoms with Crippen molar-refractivity contribution in [3.63, 3.8) is 0 Å². The number of carbonyl (C=O) groups excluding carboxylic acids is 2. The maximum Gasteiger partial charge on any atom is 0.305 e. The van der Waals surface area contributed by atoms with E-state index in [1.807, 2.05) is 0 Å². The highest BCUT2D eigenvalue weighted by Gasteiger charge is 2.39. The molecule has 2 unspecified atom stereocenters. The Balaban J connectivity index is 2.02. The molecule has 0 radical (unpaired) electrons. The molecule has 2 aliphatic heterocycles. The zero-order valence-corrected chi connectivity index (χ0v) is 11.9. The van der Waals surface area contributed by atoms with Crippen LogP contribution in [-0.4, -0.2) is 25.2 Å². The minimum absolute atomic E-state index is 0.0716. The molecule has 0 aromatic carbocycles. The Morgan fingerprint density at radius 1 is 0.842 bits per heavy atom. The summed E-state index contributed by atoms with van der Waals surface area (Å²) in [5.74, 6) is 0.824. The average molecular weight is 268 g/mol. The molecule has 0 spiro atoms. The third-order valence-corrected chi connectivity index (χ3v) is 4.96. The largest absolute Gasteiger partial charge is 0.466 e. The van der Waals surface area contributed by atoms with E-state index >= 15 is 0 Å². The van der Waals surface area contributed by atoms with Crippen molar-refractivity contribution in [3.8, 4) is 0 Å². The number of rotatable bonds is 2. The molecule has 4 nitrogen and oxygen atoms in total. The van der Waals surface area contributed by atoms with Crippen LogP contribution in [0.3, 0.4) is 0 Å². The van der Waals surface area contributed by atoms with E-state index in [0.717, 1.165) is 25.7 Å². The van der Waals surface area contributed by atoms with Gasteiger partial charge in [-0.1, -0.05) is 13.8 Å². The first-order valence-corrected chi connectivity index (χ1v) is 7.31. The monoisotopic (exact) mass is 268 g/mol. The first-order chi connectivity index (χ1) is 9.00. The fraction of sp³-hybridized carbons (Fsp3) is 0.867. The summed E-state index contributed by atoms with van der Waals surface area (Å²) >= 11 is 0. The summed E-state index contributed by atoms with van der Waals surface area (Å²) in [7, 11) is 0. The minimum Gasteiger partial charge on any atom is -0.466 e. The Labute approximate surface area is 114 Å². The zero-order valence-electron chi connectivity index (χ0n) is 11.9. The Morgan fingerprint density at radius 3 is 1.68 bits per heavy atom. The van der Waals surface area contributed by atoms with E-state index in [-0.39, 0.29) is 17.4 Å². The standard InChI is InChI=1S/C15H24O4/c1-15(2,11-3-5-13(16)18-9-7-11)12-4-6-14(17)19-10-8-12/h11-12H,3-10H2,1-2H3. The number of ether oxygens (including phenoxy) is 2. The van der Waals surface area contributed by atoms with Gasteiger partial charge in [0, 0.05) is 12.8 Å². The topological polar surface area (TPSA) is 52.6 Å². The van der Waals surface area contributed by atoms with E-state index in [9.17, 15) is 9.59 Å². The number of esters is 2. The second-order valence-electron chi connectivity index (χ2n) is 6.31. The molecule has 19 heavy (non-hydrogen) atoms. The van der Waals surface area contributed by atoms with Crippen molar-refractivity contribution in [2.75, 3.05) is 13.2 Å². The first kappa shape index (κ1) is 14.4. The van der Waals surface area contributed by atoms with Crippen LogP contribution in [-0.2, 0) is 19.1 Å². The summed E-state index contributed by atoms with van der Waals surface area (Å²) in [6, 6.07) is 0. The molecule has 0 bridgehead atoms. The van der Waals surface area contributed by atoms with Gasteiger partial charge in [-0.3, -0.25) is 9.59 Å². The van der Waals surface area contributed by atoms with Crippen molar-refractivity contribution in [2.24, 2.45) is 17.3 Å². The molecule has 0 aliphatic carbocycles. The van der Waals surface area contributed by atoms with Crippen molar-refractivity contribution < 1.29 is 19.1 Å². The lowest BCUT2D eigenvalue weighted by Crippen LogP contribution is -2.33. The fourth-order valence-electron chi connectivity index (χ4n) is 3.47. The number of hydrogen-bond acceptors (Lipinski definition) is 4. The normalized spacial score (nSPS) is 30.0. The SMILES string of the molecule is CC(C)(C1CCOC(=O)CC1)C1CCOC(=O)CC1. The van der Waals surface area contributed by atoms with Crippen molar-refractivity contribution in [3.05, 3.63) is 0 Å². The van der Waals surface area contributed by atoms with Crippen LogP contribution in [0.1, 0.15) is 52.4 Å². The Hall–Kier alpha value is -1.06. The van der Waals surface area contributed by atoms with Gasteiger partial charge in [0.25, 0.3) is 0 Å². The lowest BCUT2D eigenvalue weighted by molar-refractivity contribution is -0.143. The van der Waals surface area contributed by atoms with E-state index < -0.39 is 0 Å². The molecular formula is C15H24O4. The van der Waals surface area contributed by atoms with Gasteiger partial charge in [-0.2, -0.15) is 0 Å². The van der Waals surface area contributed by atoms with E-state index in [0.29, 0.717) is 37.9 Å². The van der Waals surface area contributed by atoms with Gasteiger partial charge in [0.1, 0.15) is 0 Å². The van der Waals surface area contributed by atoms with Crippen LogP contribution in [0.15, 0.2) is 0 Å². The van der Waals surface area contributed by atoms with Crippen molar-refractivity contribution in [2.45, 2.75) is 52.4 Å². The van der Waals surface area contributed by atoms with Crippen LogP contribution in [0, 0.1) is 17.3 Å². The fourth-order valence-corrected chi connectivity index (χ4v) is 3.47. The molecule has 0 aromatic rings. The summed E-state index contributed by atoms with van der Waals surface area (Å²) in [5, 5.41) is 0. The van der Waals surface area contributed by atoms with E-state index in [2.05, 4.69) is 13.8 Å².